The van der Waals surface area contributed by atoms with Crippen molar-refractivity contribution in [2.75, 3.05) is 0 Å². The Morgan fingerprint density at radius 3 is 2.45 bits per heavy atom. The molecule has 0 aliphatic carbocycles. The van der Waals surface area contributed by atoms with Crippen LogP contribution < -0.4 is 0 Å². The van der Waals surface area contributed by atoms with Crippen LogP contribution in [0.4, 0.5) is 0 Å². The third kappa shape index (κ3) is 3.01. The van der Waals surface area contributed by atoms with E-state index in [9.17, 15) is 4.79 Å². The van der Waals surface area contributed by atoms with Crippen LogP contribution in [-0.2, 0) is 0 Å². The Balaban J connectivity index is 0.000001000. The van der Waals surface area contributed by atoms with Gasteiger partial charge in [-0.1, -0.05) is 17.7 Å². The second kappa shape index (κ2) is 4.48. The molecule has 1 aromatic carbocycles. The van der Waals surface area contributed by atoms with Gasteiger partial charge in [0.1, 0.15) is 0 Å². The van der Waals surface area contributed by atoms with Crippen molar-refractivity contribution in [3.63, 3.8) is 0 Å². The molecule has 0 atom stereocenters. The van der Waals surface area contributed by atoms with Crippen molar-refractivity contribution in [3.8, 4) is 0 Å². The molecule has 1 rings (SSSR count). The fraction of sp³-hybridized carbons (Fsp3) is 0.125. The third-order valence-electron chi connectivity index (χ3n) is 1.27. The predicted molar refractivity (Wildman–Crippen MR) is 43.9 cm³/mol. The standard InChI is InChI=1S/C8H8O2.Tl/c1-6-3-2-4-7(5-6)8(9)10;/h2-5H,1H3,(H,9,10);. The fourth-order valence-corrected chi connectivity index (χ4v) is 0.778. The van der Waals surface area contributed by atoms with Crippen molar-refractivity contribution in [3.05, 3.63) is 35.4 Å². The number of carboxylic acids is 1. The van der Waals surface area contributed by atoms with Crippen LogP contribution >= 0.6 is 0 Å². The van der Waals surface area contributed by atoms with E-state index in [4.69, 9.17) is 5.11 Å². The van der Waals surface area contributed by atoms with Gasteiger partial charge in [0.25, 0.3) is 0 Å². The maximum Gasteiger partial charge on any atom is 0.335 e. The minimum atomic E-state index is -0.872. The molecule has 0 aromatic heterocycles. The number of rotatable bonds is 1. The Hall–Kier alpha value is -0.388. The summed E-state index contributed by atoms with van der Waals surface area (Å²) in [6, 6.07) is 6.82. The minimum Gasteiger partial charge on any atom is -0.478 e. The molecule has 0 amide bonds. The number of aryl methyl sites for hydroxylation is 1. The molecule has 1 aromatic rings. The summed E-state index contributed by atoms with van der Waals surface area (Å²) in [5, 5.41) is 8.51. The fourth-order valence-electron chi connectivity index (χ4n) is 0.778. The van der Waals surface area contributed by atoms with E-state index in [-0.39, 0.29) is 27.3 Å². The van der Waals surface area contributed by atoms with E-state index in [0.717, 1.165) is 5.56 Å². The molecular weight excluding hydrogens is 332 g/mol. The van der Waals surface area contributed by atoms with Crippen LogP contribution in [0, 0.1) is 6.92 Å². The molecule has 0 spiro atoms. The van der Waals surface area contributed by atoms with Crippen molar-refractivity contribution < 1.29 is 9.90 Å². The molecule has 0 fully saturated rings. The summed E-state index contributed by atoms with van der Waals surface area (Å²) in [4.78, 5) is 10.4. The first-order valence-corrected chi connectivity index (χ1v) is 3.00. The molecule has 0 aliphatic rings. The zero-order valence-corrected chi connectivity index (χ0v) is 10.7. The predicted octanol–water partition coefficient (Wildman–Crippen LogP) is 1.31. The van der Waals surface area contributed by atoms with Crippen LogP contribution in [0.5, 0.6) is 0 Å². The van der Waals surface area contributed by atoms with Gasteiger partial charge in [0, 0.05) is 27.3 Å². The third-order valence-corrected chi connectivity index (χ3v) is 1.27. The van der Waals surface area contributed by atoms with E-state index in [1.807, 2.05) is 13.0 Å². The SMILES string of the molecule is Cc1cccc(C(=O)O)c1.[Tl]. The second-order valence-corrected chi connectivity index (χ2v) is 2.17. The number of benzene rings is 1. The van der Waals surface area contributed by atoms with Gasteiger partial charge in [-0.15, -0.1) is 0 Å². The number of carbonyl (C=O) groups is 1. The normalized spacial score (nSPS) is 8.45. The van der Waals surface area contributed by atoms with Gasteiger partial charge in [-0.3, -0.25) is 0 Å². The maximum absolute atomic E-state index is 10.4. The largest absolute Gasteiger partial charge is 0.478 e. The molecular formula is C8H8O2Tl. The first-order chi connectivity index (χ1) is 4.70. The van der Waals surface area contributed by atoms with Gasteiger partial charge >= 0.3 is 5.97 Å². The summed E-state index contributed by atoms with van der Waals surface area (Å²) >= 11 is 0. The van der Waals surface area contributed by atoms with E-state index in [1.54, 1.807) is 18.2 Å². The zero-order valence-electron chi connectivity index (χ0n) is 6.24. The van der Waals surface area contributed by atoms with Crippen LogP contribution in [-0.4, -0.2) is 38.4 Å². The molecule has 0 saturated heterocycles. The first kappa shape index (κ1) is 10.6. The average molecular weight is 341 g/mol. The minimum absolute atomic E-state index is 0. The molecule has 2 nitrogen and oxygen atoms in total. The summed E-state index contributed by atoms with van der Waals surface area (Å²) in [6.07, 6.45) is 0. The summed E-state index contributed by atoms with van der Waals surface area (Å²) in [5.41, 5.74) is 1.32. The van der Waals surface area contributed by atoms with Crippen molar-refractivity contribution in [1.82, 2.24) is 0 Å². The second-order valence-electron chi connectivity index (χ2n) is 2.17. The molecule has 0 saturated carbocycles. The van der Waals surface area contributed by atoms with Gasteiger partial charge in [0.05, 0.1) is 5.56 Å². The molecule has 0 heterocycles. The van der Waals surface area contributed by atoms with E-state index < -0.39 is 5.97 Å². The summed E-state index contributed by atoms with van der Waals surface area (Å²) < 4.78 is 0. The molecule has 1 N–H and O–H groups in total. The van der Waals surface area contributed by atoms with Gasteiger partial charge in [-0.2, -0.15) is 0 Å². The van der Waals surface area contributed by atoms with Crippen molar-refractivity contribution in [1.29, 1.82) is 0 Å². The summed E-state index contributed by atoms with van der Waals surface area (Å²) in [6.45, 7) is 1.87. The monoisotopic (exact) mass is 341 g/mol. The molecule has 11 heavy (non-hydrogen) atoms. The number of aromatic carboxylic acids is 1. The van der Waals surface area contributed by atoms with E-state index >= 15 is 0 Å². The Kier molecular flexibility index (Phi) is 4.32. The van der Waals surface area contributed by atoms with E-state index in [0.29, 0.717) is 5.56 Å². The van der Waals surface area contributed by atoms with Gasteiger partial charge in [0.15, 0.2) is 0 Å². The molecule has 3 heteroatoms. The quantitative estimate of drug-likeness (QED) is 0.783. The number of carboxylic acid groups (broad SMARTS) is 1. The van der Waals surface area contributed by atoms with Crippen molar-refractivity contribution in [2.45, 2.75) is 6.92 Å². The van der Waals surface area contributed by atoms with Gasteiger partial charge in [-0.05, 0) is 19.1 Å². The Morgan fingerprint density at radius 2 is 2.09 bits per heavy atom. The topological polar surface area (TPSA) is 37.3 Å². The van der Waals surface area contributed by atoms with Gasteiger partial charge in [0.2, 0.25) is 0 Å². The Labute approximate surface area is 85.4 Å². The van der Waals surface area contributed by atoms with E-state index in [2.05, 4.69) is 0 Å². The summed E-state index contributed by atoms with van der Waals surface area (Å²) in [5.74, 6) is -0.872. The van der Waals surface area contributed by atoms with Gasteiger partial charge < -0.3 is 5.11 Å². The van der Waals surface area contributed by atoms with Crippen LogP contribution in [0.25, 0.3) is 0 Å². The van der Waals surface area contributed by atoms with Crippen molar-refractivity contribution in [2.24, 2.45) is 0 Å². The molecule has 0 aliphatic heterocycles. The Morgan fingerprint density at radius 1 is 1.45 bits per heavy atom. The van der Waals surface area contributed by atoms with Crippen LogP contribution in [0.1, 0.15) is 15.9 Å². The van der Waals surface area contributed by atoms with Crippen LogP contribution in [0.3, 0.4) is 0 Å². The number of hydrogen-bond donors (Lipinski definition) is 1. The van der Waals surface area contributed by atoms with Crippen LogP contribution in [0.15, 0.2) is 24.3 Å². The molecule has 0 bridgehead atoms. The summed E-state index contributed by atoms with van der Waals surface area (Å²) in [7, 11) is 0. The van der Waals surface area contributed by atoms with Crippen molar-refractivity contribution >= 4 is 33.3 Å². The molecule has 55 valence electrons. The van der Waals surface area contributed by atoms with Crippen LogP contribution in [0.2, 0.25) is 0 Å². The maximum atomic E-state index is 10.4. The zero-order chi connectivity index (χ0) is 7.56. The molecule has 0 unspecified atom stereocenters. The average Bonchev–Trinajstić information content (AvgIpc) is 1.88. The number of hydrogen-bond acceptors (Lipinski definition) is 1. The molecule has 1 radical (unpaired) electrons. The van der Waals surface area contributed by atoms with E-state index in [1.165, 1.54) is 0 Å². The van der Waals surface area contributed by atoms with Gasteiger partial charge in [-0.25, -0.2) is 4.79 Å². The first-order valence-electron chi connectivity index (χ1n) is 3.00. The Bertz CT molecular complexity index is 258. The smallest absolute Gasteiger partial charge is 0.335 e.